The highest BCUT2D eigenvalue weighted by Crippen LogP contribution is 2.74. The summed E-state index contributed by atoms with van der Waals surface area (Å²) in [4.78, 5) is 13.5. The number of hydrogen-bond acceptors (Lipinski definition) is 2. The average Bonchev–Trinajstić information content (AvgIpc) is 3.20. The second kappa shape index (κ2) is 7.09. The number of Topliss-reactive ketones (excluding diaryl/α,β-unsaturated/α-hetero) is 1. The molecule has 5 aliphatic carbocycles. The molecule has 0 radical (unpaired) electrons. The number of nitrogens with zero attached hydrogens (tertiary/aromatic N) is 2. The molecule has 0 aromatic carbocycles. The SMILES string of the molecule is CC1CCC2C(CCC3C2CCC2(C)C(C(=O)Cn4cc(C(F)(F)F)cn4)C4CC4C32)C1. The normalized spacial score (nSPS) is 47.2. The summed E-state index contributed by atoms with van der Waals surface area (Å²) in [6.07, 6.45) is 7.80. The zero-order valence-corrected chi connectivity index (χ0v) is 19.2. The van der Waals surface area contributed by atoms with E-state index in [1.807, 2.05) is 0 Å². The molecule has 1 aromatic heterocycles. The standard InChI is InChI=1S/C26H35F3N2O/c1-14-3-5-17-15(9-14)4-6-19-18(17)7-8-25(2)23(19)20-10-21(20)24(25)22(32)13-31-12-16(11-30-31)26(27,28)29/h11-12,14-15,17-21,23-24H,3-10,13H2,1-2H3. The van der Waals surface area contributed by atoms with Gasteiger partial charge in [-0.25, -0.2) is 0 Å². The summed E-state index contributed by atoms with van der Waals surface area (Å²) in [5.41, 5.74) is -0.745. The molecular weight excluding hydrogens is 413 g/mol. The van der Waals surface area contributed by atoms with Gasteiger partial charge in [0, 0.05) is 12.1 Å². The molecule has 5 saturated carbocycles. The minimum Gasteiger partial charge on any atom is -0.297 e. The van der Waals surface area contributed by atoms with Gasteiger partial charge in [0.25, 0.3) is 0 Å². The van der Waals surface area contributed by atoms with Gasteiger partial charge < -0.3 is 0 Å². The number of fused-ring (bicyclic) bond motifs is 7. The number of hydrogen-bond donors (Lipinski definition) is 0. The van der Waals surface area contributed by atoms with Gasteiger partial charge in [-0.1, -0.05) is 20.3 Å². The number of alkyl halides is 3. The van der Waals surface area contributed by atoms with Crippen molar-refractivity contribution < 1.29 is 18.0 Å². The fraction of sp³-hybridized carbons (Fsp3) is 0.846. The third kappa shape index (κ3) is 3.14. The van der Waals surface area contributed by atoms with Crippen LogP contribution in [0.2, 0.25) is 0 Å². The van der Waals surface area contributed by atoms with E-state index < -0.39 is 11.7 Å². The van der Waals surface area contributed by atoms with Crippen molar-refractivity contribution in [1.82, 2.24) is 9.78 Å². The summed E-state index contributed by atoms with van der Waals surface area (Å²) in [6, 6.07) is 0. The fourth-order valence-corrected chi connectivity index (χ4v) is 9.51. The number of rotatable bonds is 3. The Hall–Kier alpha value is -1.33. The van der Waals surface area contributed by atoms with Crippen LogP contribution in [0.3, 0.4) is 0 Å². The zero-order valence-electron chi connectivity index (χ0n) is 19.2. The van der Waals surface area contributed by atoms with Crippen LogP contribution in [0.25, 0.3) is 0 Å². The van der Waals surface area contributed by atoms with Gasteiger partial charge in [0.15, 0.2) is 5.78 Å². The van der Waals surface area contributed by atoms with Crippen molar-refractivity contribution in [3.8, 4) is 0 Å². The first-order valence-electron chi connectivity index (χ1n) is 12.8. The highest BCUT2D eigenvalue weighted by molar-refractivity contribution is 5.83. The Balaban J connectivity index is 1.21. The van der Waals surface area contributed by atoms with Gasteiger partial charge in [-0.2, -0.15) is 18.3 Å². The summed E-state index contributed by atoms with van der Waals surface area (Å²) in [7, 11) is 0. The van der Waals surface area contributed by atoms with Crippen LogP contribution in [0, 0.1) is 58.7 Å². The number of ketones is 1. The maximum Gasteiger partial charge on any atom is 0.419 e. The molecule has 32 heavy (non-hydrogen) atoms. The summed E-state index contributed by atoms with van der Waals surface area (Å²) in [6.45, 7) is 4.74. The number of aromatic nitrogens is 2. The van der Waals surface area contributed by atoms with Gasteiger partial charge in [-0.3, -0.25) is 9.48 Å². The molecule has 0 spiro atoms. The van der Waals surface area contributed by atoms with Crippen molar-refractivity contribution in [2.24, 2.45) is 58.7 Å². The molecule has 6 rings (SSSR count). The Morgan fingerprint density at radius 3 is 2.59 bits per heavy atom. The summed E-state index contributed by atoms with van der Waals surface area (Å²) >= 11 is 0. The first-order chi connectivity index (χ1) is 15.2. The van der Waals surface area contributed by atoms with Crippen molar-refractivity contribution in [1.29, 1.82) is 0 Å². The lowest BCUT2D eigenvalue weighted by Crippen LogP contribution is -2.51. The predicted molar refractivity (Wildman–Crippen MR) is 114 cm³/mol. The van der Waals surface area contributed by atoms with Crippen LogP contribution < -0.4 is 0 Å². The minimum absolute atomic E-state index is 0.00101. The molecule has 0 amide bonds. The van der Waals surface area contributed by atoms with Crippen LogP contribution in [0.15, 0.2) is 12.4 Å². The lowest BCUT2D eigenvalue weighted by Gasteiger charge is -2.57. The molecule has 6 heteroatoms. The molecule has 3 nitrogen and oxygen atoms in total. The Labute approximate surface area is 188 Å². The summed E-state index contributed by atoms with van der Waals surface area (Å²) < 4.78 is 40.1. The zero-order chi connectivity index (χ0) is 22.4. The van der Waals surface area contributed by atoms with Gasteiger partial charge >= 0.3 is 6.18 Å². The van der Waals surface area contributed by atoms with E-state index in [1.165, 1.54) is 43.2 Å². The van der Waals surface area contributed by atoms with E-state index in [2.05, 4.69) is 18.9 Å². The molecular formula is C26H35F3N2O. The Bertz CT molecular complexity index is 909. The molecule has 176 valence electrons. The molecule has 0 saturated heterocycles. The van der Waals surface area contributed by atoms with E-state index >= 15 is 0 Å². The fourth-order valence-electron chi connectivity index (χ4n) is 9.51. The maximum absolute atomic E-state index is 13.5. The van der Waals surface area contributed by atoms with Crippen molar-refractivity contribution in [2.75, 3.05) is 0 Å². The van der Waals surface area contributed by atoms with E-state index in [4.69, 9.17) is 0 Å². The van der Waals surface area contributed by atoms with Crippen LogP contribution in [-0.2, 0) is 17.5 Å². The molecule has 0 N–H and O–H groups in total. The third-order valence-electron chi connectivity index (χ3n) is 10.6. The van der Waals surface area contributed by atoms with Crippen LogP contribution in [0.5, 0.6) is 0 Å². The van der Waals surface area contributed by atoms with E-state index in [-0.39, 0.29) is 23.7 Å². The van der Waals surface area contributed by atoms with Crippen LogP contribution in [0.4, 0.5) is 13.2 Å². The molecule has 10 atom stereocenters. The number of carbonyl (C=O) groups is 1. The van der Waals surface area contributed by atoms with Crippen LogP contribution in [0.1, 0.15) is 70.8 Å². The molecule has 0 bridgehead atoms. The van der Waals surface area contributed by atoms with Crippen molar-refractivity contribution >= 4 is 5.78 Å². The second-order valence-corrected chi connectivity index (χ2v) is 12.2. The second-order valence-electron chi connectivity index (χ2n) is 12.2. The smallest absolute Gasteiger partial charge is 0.297 e. The van der Waals surface area contributed by atoms with Crippen LogP contribution >= 0.6 is 0 Å². The van der Waals surface area contributed by atoms with E-state index in [0.29, 0.717) is 17.8 Å². The number of carbonyl (C=O) groups excluding carboxylic acids is 1. The molecule has 10 unspecified atom stereocenters. The largest absolute Gasteiger partial charge is 0.419 e. The average molecular weight is 449 g/mol. The predicted octanol–water partition coefficient (Wildman–Crippen LogP) is 6.23. The monoisotopic (exact) mass is 448 g/mol. The topological polar surface area (TPSA) is 34.9 Å². The quantitative estimate of drug-likeness (QED) is 0.549. The molecule has 5 fully saturated rings. The highest BCUT2D eigenvalue weighted by atomic mass is 19.4. The van der Waals surface area contributed by atoms with Gasteiger partial charge in [0.2, 0.25) is 0 Å². The molecule has 1 aromatic rings. The van der Waals surface area contributed by atoms with Crippen LogP contribution in [-0.4, -0.2) is 15.6 Å². The lowest BCUT2D eigenvalue weighted by atomic mass is 9.48. The van der Waals surface area contributed by atoms with Gasteiger partial charge in [-0.15, -0.1) is 0 Å². The molecule has 5 aliphatic rings. The van der Waals surface area contributed by atoms with Gasteiger partial charge in [0.1, 0.15) is 0 Å². The maximum atomic E-state index is 13.5. The van der Waals surface area contributed by atoms with E-state index in [9.17, 15) is 18.0 Å². The first-order valence-corrected chi connectivity index (χ1v) is 12.8. The molecule has 0 aliphatic heterocycles. The van der Waals surface area contributed by atoms with Crippen molar-refractivity contribution in [2.45, 2.75) is 77.9 Å². The van der Waals surface area contributed by atoms with E-state index in [1.54, 1.807) is 0 Å². The third-order valence-corrected chi connectivity index (χ3v) is 10.6. The van der Waals surface area contributed by atoms with Crippen molar-refractivity contribution in [3.63, 3.8) is 0 Å². The van der Waals surface area contributed by atoms with Crippen molar-refractivity contribution in [3.05, 3.63) is 18.0 Å². The highest BCUT2D eigenvalue weighted by Gasteiger charge is 2.70. The van der Waals surface area contributed by atoms with Gasteiger partial charge in [-0.05, 0) is 97.7 Å². The Kier molecular flexibility index (Phi) is 4.70. The Morgan fingerprint density at radius 2 is 1.84 bits per heavy atom. The summed E-state index contributed by atoms with van der Waals surface area (Å²) in [5.74, 6) is 6.17. The Morgan fingerprint density at radius 1 is 1.06 bits per heavy atom. The minimum atomic E-state index is -4.42. The molecule has 1 heterocycles. The lowest BCUT2D eigenvalue weighted by molar-refractivity contribution is -0.138. The van der Waals surface area contributed by atoms with Gasteiger partial charge in [0.05, 0.1) is 18.3 Å². The first kappa shape index (κ1) is 21.2. The van der Waals surface area contributed by atoms with E-state index in [0.717, 1.165) is 54.8 Å². The summed E-state index contributed by atoms with van der Waals surface area (Å²) in [5, 5.41) is 3.85. The number of halogens is 3.